The van der Waals surface area contributed by atoms with E-state index in [4.69, 9.17) is 9.84 Å². The Labute approximate surface area is 99.0 Å². The maximum absolute atomic E-state index is 11.2. The molecule has 1 rings (SSSR count). The molecule has 0 spiro atoms. The Morgan fingerprint density at radius 1 is 1.29 bits per heavy atom. The van der Waals surface area contributed by atoms with Gasteiger partial charge in [0.05, 0.1) is 19.1 Å². The highest BCUT2D eigenvalue weighted by atomic mass is 16.5. The second-order valence-electron chi connectivity index (χ2n) is 3.54. The quantitative estimate of drug-likeness (QED) is 0.790. The first-order chi connectivity index (χ1) is 8.02. The van der Waals surface area contributed by atoms with Crippen LogP contribution in [0.25, 0.3) is 0 Å². The van der Waals surface area contributed by atoms with Crippen LogP contribution in [0.3, 0.4) is 0 Å². The molecule has 5 nitrogen and oxygen atoms in total. The van der Waals surface area contributed by atoms with Gasteiger partial charge in [0.15, 0.2) is 0 Å². The van der Waals surface area contributed by atoms with Crippen molar-refractivity contribution in [3.05, 3.63) is 29.8 Å². The molecule has 0 saturated heterocycles. The summed E-state index contributed by atoms with van der Waals surface area (Å²) in [5.41, 5.74) is 0.422. The monoisotopic (exact) mass is 238 g/mol. The SMILES string of the molecule is COC(=O)c1ccc(O[C@@H](C)CC(=O)O)cc1. The topological polar surface area (TPSA) is 72.8 Å². The van der Waals surface area contributed by atoms with Crippen LogP contribution in [0.1, 0.15) is 23.7 Å². The summed E-state index contributed by atoms with van der Waals surface area (Å²) in [6, 6.07) is 6.33. The molecule has 0 bridgehead atoms. The third kappa shape index (κ3) is 4.14. The molecule has 17 heavy (non-hydrogen) atoms. The molecule has 0 fully saturated rings. The molecule has 1 aromatic rings. The van der Waals surface area contributed by atoms with Gasteiger partial charge in [0.2, 0.25) is 0 Å². The van der Waals surface area contributed by atoms with Crippen LogP contribution >= 0.6 is 0 Å². The Bertz CT molecular complexity index is 396. The summed E-state index contributed by atoms with van der Waals surface area (Å²) in [6.07, 6.45) is -0.491. The van der Waals surface area contributed by atoms with Crippen molar-refractivity contribution in [1.82, 2.24) is 0 Å². The van der Waals surface area contributed by atoms with Gasteiger partial charge in [0, 0.05) is 0 Å². The van der Waals surface area contributed by atoms with E-state index >= 15 is 0 Å². The van der Waals surface area contributed by atoms with Gasteiger partial charge in [-0.25, -0.2) is 4.79 Å². The van der Waals surface area contributed by atoms with Crippen molar-refractivity contribution in [3.8, 4) is 5.75 Å². The predicted molar refractivity (Wildman–Crippen MR) is 60.1 cm³/mol. The van der Waals surface area contributed by atoms with Gasteiger partial charge in [0.1, 0.15) is 11.9 Å². The van der Waals surface area contributed by atoms with E-state index in [0.29, 0.717) is 11.3 Å². The van der Waals surface area contributed by atoms with Gasteiger partial charge in [-0.2, -0.15) is 0 Å². The molecular weight excluding hydrogens is 224 g/mol. The van der Waals surface area contributed by atoms with Crippen molar-refractivity contribution in [2.75, 3.05) is 7.11 Å². The van der Waals surface area contributed by atoms with Gasteiger partial charge in [0.25, 0.3) is 0 Å². The summed E-state index contributed by atoms with van der Waals surface area (Å²) < 4.78 is 9.91. The van der Waals surface area contributed by atoms with E-state index in [1.54, 1.807) is 31.2 Å². The number of ether oxygens (including phenoxy) is 2. The molecule has 0 radical (unpaired) electrons. The van der Waals surface area contributed by atoms with Crippen molar-refractivity contribution in [3.63, 3.8) is 0 Å². The maximum Gasteiger partial charge on any atom is 0.337 e. The van der Waals surface area contributed by atoms with Crippen LogP contribution < -0.4 is 4.74 Å². The van der Waals surface area contributed by atoms with Crippen LogP contribution in [0.2, 0.25) is 0 Å². The van der Waals surface area contributed by atoms with Crippen molar-refractivity contribution in [2.24, 2.45) is 0 Å². The molecule has 0 amide bonds. The van der Waals surface area contributed by atoms with Crippen LogP contribution in [-0.4, -0.2) is 30.3 Å². The standard InChI is InChI=1S/C12H14O5/c1-8(7-11(13)14)17-10-5-3-9(4-6-10)12(15)16-2/h3-6,8H,7H2,1-2H3,(H,13,14)/t8-/m0/s1. The number of methoxy groups -OCH3 is 1. The summed E-state index contributed by atoms with van der Waals surface area (Å²) in [7, 11) is 1.31. The summed E-state index contributed by atoms with van der Waals surface area (Å²) in [4.78, 5) is 21.6. The first kappa shape index (κ1) is 13.0. The first-order valence-electron chi connectivity index (χ1n) is 5.09. The molecule has 5 heteroatoms. The molecule has 92 valence electrons. The second kappa shape index (κ2) is 5.89. The molecule has 0 aliphatic carbocycles. The van der Waals surface area contributed by atoms with E-state index in [1.165, 1.54) is 7.11 Å². The zero-order valence-corrected chi connectivity index (χ0v) is 9.67. The van der Waals surface area contributed by atoms with Crippen molar-refractivity contribution in [1.29, 1.82) is 0 Å². The Morgan fingerprint density at radius 3 is 2.35 bits per heavy atom. The van der Waals surface area contributed by atoms with Crippen molar-refractivity contribution >= 4 is 11.9 Å². The molecule has 0 heterocycles. The van der Waals surface area contributed by atoms with Gasteiger partial charge < -0.3 is 14.6 Å². The number of rotatable bonds is 5. The normalized spacial score (nSPS) is 11.6. The number of hydrogen-bond acceptors (Lipinski definition) is 4. The van der Waals surface area contributed by atoms with E-state index in [2.05, 4.69) is 4.74 Å². The summed E-state index contributed by atoms with van der Waals surface area (Å²) >= 11 is 0. The highest BCUT2D eigenvalue weighted by Gasteiger charge is 2.10. The number of carbonyl (C=O) groups is 2. The molecule has 0 aromatic heterocycles. The van der Waals surface area contributed by atoms with Gasteiger partial charge in [-0.05, 0) is 31.2 Å². The largest absolute Gasteiger partial charge is 0.490 e. The molecular formula is C12H14O5. The Morgan fingerprint density at radius 2 is 1.88 bits per heavy atom. The third-order valence-electron chi connectivity index (χ3n) is 2.07. The average Bonchev–Trinajstić information content (AvgIpc) is 2.28. The number of esters is 1. The van der Waals surface area contributed by atoms with Crippen LogP contribution in [-0.2, 0) is 9.53 Å². The van der Waals surface area contributed by atoms with E-state index in [0.717, 1.165) is 0 Å². The summed E-state index contributed by atoms with van der Waals surface area (Å²) in [5.74, 6) is -0.815. The van der Waals surface area contributed by atoms with Crippen molar-refractivity contribution < 1.29 is 24.2 Å². The fraction of sp³-hybridized carbons (Fsp3) is 0.333. The maximum atomic E-state index is 11.2. The smallest absolute Gasteiger partial charge is 0.337 e. The van der Waals surface area contributed by atoms with Gasteiger partial charge >= 0.3 is 11.9 Å². The Kier molecular flexibility index (Phi) is 4.51. The van der Waals surface area contributed by atoms with Crippen LogP contribution in [0.5, 0.6) is 5.75 Å². The highest BCUT2D eigenvalue weighted by molar-refractivity contribution is 5.89. The molecule has 0 aliphatic rings. The lowest BCUT2D eigenvalue weighted by Crippen LogP contribution is -2.16. The van der Waals surface area contributed by atoms with E-state index < -0.39 is 18.0 Å². The number of carbonyl (C=O) groups excluding carboxylic acids is 1. The van der Waals surface area contributed by atoms with Crippen LogP contribution in [0.15, 0.2) is 24.3 Å². The molecule has 1 N–H and O–H groups in total. The minimum atomic E-state index is -0.913. The van der Waals surface area contributed by atoms with Gasteiger partial charge in [-0.15, -0.1) is 0 Å². The molecule has 0 saturated carbocycles. The number of benzene rings is 1. The number of aliphatic carboxylic acids is 1. The number of hydrogen-bond donors (Lipinski definition) is 1. The fourth-order valence-corrected chi connectivity index (χ4v) is 1.31. The van der Waals surface area contributed by atoms with Crippen LogP contribution in [0.4, 0.5) is 0 Å². The molecule has 1 atom stereocenters. The second-order valence-corrected chi connectivity index (χ2v) is 3.54. The van der Waals surface area contributed by atoms with Crippen LogP contribution in [0, 0.1) is 0 Å². The van der Waals surface area contributed by atoms with Gasteiger partial charge in [-0.1, -0.05) is 0 Å². The minimum absolute atomic E-state index is 0.0707. The zero-order valence-electron chi connectivity index (χ0n) is 9.67. The Hall–Kier alpha value is -2.04. The predicted octanol–water partition coefficient (Wildman–Crippen LogP) is 1.72. The van der Waals surface area contributed by atoms with E-state index in [-0.39, 0.29) is 6.42 Å². The van der Waals surface area contributed by atoms with E-state index in [9.17, 15) is 9.59 Å². The minimum Gasteiger partial charge on any atom is -0.490 e. The first-order valence-corrected chi connectivity index (χ1v) is 5.09. The highest BCUT2D eigenvalue weighted by Crippen LogP contribution is 2.15. The number of carboxylic acid groups (broad SMARTS) is 1. The summed E-state index contributed by atoms with van der Waals surface area (Å²) in [5, 5.41) is 8.57. The summed E-state index contributed by atoms with van der Waals surface area (Å²) in [6.45, 7) is 1.67. The Balaban J connectivity index is 2.62. The lowest BCUT2D eigenvalue weighted by molar-refractivity contribution is -0.138. The molecule has 1 aromatic carbocycles. The van der Waals surface area contributed by atoms with Gasteiger partial charge in [-0.3, -0.25) is 4.79 Å². The third-order valence-corrected chi connectivity index (χ3v) is 2.07. The number of carboxylic acids is 1. The zero-order chi connectivity index (χ0) is 12.8. The molecule has 0 unspecified atom stereocenters. The lowest BCUT2D eigenvalue weighted by atomic mass is 10.2. The van der Waals surface area contributed by atoms with Crippen molar-refractivity contribution in [2.45, 2.75) is 19.4 Å². The van der Waals surface area contributed by atoms with E-state index in [1.807, 2.05) is 0 Å². The molecule has 0 aliphatic heterocycles. The average molecular weight is 238 g/mol. The fourth-order valence-electron chi connectivity index (χ4n) is 1.31. The lowest BCUT2D eigenvalue weighted by Gasteiger charge is -2.12.